The normalized spacial score (nSPS) is 28.1. The number of carbonyl (C=O) groups excluding carboxylic acids is 2. The lowest BCUT2D eigenvalue weighted by atomic mass is 9.72. The number of nitrogens with one attached hydrogen (secondary N) is 1. The fraction of sp³-hybridized carbons (Fsp3) is 0.800. The first kappa shape index (κ1) is 20.9. The summed E-state index contributed by atoms with van der Waals surface area (Å²) in [5.41, 5.74) is 0.930. The summed E-state index contributed by atoms with van der Waals surface area (Å²) in [6.07, 6.45) is 6.06. The number of nitrogens with zero attached hydrogens (tertiary/aromatic N) is 2. The molecule has 1 saturated heterocycles. The first-order valence-corrected chi connectivity index (χ1v) is 9.87. The molecule has 0 unspecified atom stereocenters. The van der Waals surface area contributed by atoms with Gasteiger partial charge < -0.3 is 15.0 Å². The van der Waals surface area contributed by atoms with Gasteiger partial charge in [0.15, 0.2) is 5.78 Å². The number of fused-ring (bicyclic) bond motifs is 1. The van der Waals surface area contributed by atoms with Gasteiger partial charge in [0, 0.05) is 65.1 Å². The largest absolute Gasteiger partial charge is 0.385 e. The minimum absolute atomic E-state index is 0.0162. The molecule has 3 atom stereocenters. The van der Waals surface area contributed by atoms with Gasteiger partial charge in [-0.3, -0.25) is 14.5 Å². The van der Waals surface area contributed by atoms with E-state index in [-0.39, 0.29) is 23.5 Å². The van der Waals surface area contributed by atoms with Crippen LogP contribution in [-0.4, -0.2) is 75.0 Å². The van der Waals surface area contributed by atoms with Gasteiger partial charge in [0.05, 0.1) is 5.92 Å². The predicted molar refractivity (Wildman–Crippen MR) is 103 cm³/mol. The molecule has 0 aromatic heterocycles. The average molecular weight is 366 g/mol. The minimum atomic E-state index is -0.0162. The molecule has 2 aliphatic rings. The molecule has 2 rings (SSSR count). The fourth-order valence-corrected chi connectivity index (χ4v) is 4.28. The van der Waals surface area contributed by atoms with Gasteiger partial charge in [-0.1, -0.05) is 6.92 Å². The highest BCUT2D eigenvalue weighted by molar-refractivity contribution is 5.96. The molecule has 6 nitrogen and oxygen atoms in total. The van der Waals surface area contributed by atoms with Crippen molar-refractivity contribution in [3.8, 4) is 0 Å². The molecule has 0 spiro atoms. The van der Waals surface area contributed by atoms with E-state index in [1.807, 2.05) is 25.2 Å². The number of carbonyl (C=O) groups is 2. The third-order valence-electron chi connectivity index (χ3n) is 5.41. The van der Waals surface area contributed by atoms with E-state index in [0.717, 1.165) is 44.3 Å². The molecule has 0 aromatic carbocycles. The SMILES string of the molecule is CCCN1C[C@H](C(=O)NCCCOC)C[C@@H]2CC(=O)/C(=C/N(C)C)C[C@H]21. The molecule has 148 valence electrons. The van der Waals surface area contributed by atoms with E-state index < -0.39 is 0 Å². The zero-order valence-corrected chi connectivity index (χ0v) is 16.8. The van der Waals surface area contributed by atoms with Gasteiger partial charge in [-0.15, -0.1) is 0 Å². The summed E-state index contributed by atoms with van der Waals surface area (Å²) < 4.78 is 5.03. The summed E-state index contributed by atoms with van der Waals surface area (Å²) in [5, 5.41) is 3.04. The molecular weight excluding hydrogens is 330 g/mol. The standard InChI is InChI=1S/C20H35N3O3/c1-5-8-23-14-17(20(25)21-7-6-9-26-4)10-15-12-19(24)16(11-18(15)23)13-22(2)3/h13,15,17-18H,5-12,14H2,1-4H3,(H,21,25)/b16-13+/t15-,17-,18-/m1/s1. The Balaban J connectivity index is 2.03. The van der Waals surface area contributed by atoms with Crippen LogP contribution in [-0.2, 0) is 14.3 Å². The van der Waals surface area contributed by atoms with Crippen LogP contribution in [0.2, 0.25) is 0 Å². The number of Topliss-reactive ketones (excluding diaryl/α,β-unsaturated/α-hetero) is 1. The number of methoxy groups -OCH3 is 1. The number of ether oxygens (including phenoxy) is 1. The monoisotopic (exact) mass is 365 g/mol. The van der Waals surface area contributed by atoms with Crippen LogP contribution >= 0.6 is 0 Å². The van der Waals surface area contributed by atoms with Crippen molar-refractivity contribution in [2.75, 3.05) is 47.4 Å². The van der Waals surface area contributed by atoms with Crippen molar-refractivity contribution >= 4 is 11.7 Å². The average Bonchev–Trinajstić information content (AvgIpc) is 2.59. The minimum Gasteiger partial charge on any atom is -0.385 e. The van der Waals surface area contributed by atoms with Crippen LogP contribution in [0.4, 0.5) is 0 Å². The van der Waals surface area contributed by atoms with Crippen LogP contribution < -0.4 is 5.32 Å². The van der Waals surface area contributed by atoms with Gasteiger partial charge in [0.25, 0.3) is 0 Å². The Labute approximate surface area is 157 Å². The van der Waals surface area contributed by atoms with Gasteiger partial charge in [0.2, 0.25) is 5.91 Å². The first-order chi connectivity index (χ1) is 12.5. The second kappa shape index (κ2) is 10.1. The molecule has 26 heavy (non-hydrogen) atoms. The van der Waals surface area contributed by atoms with Crippen molar-refractivity contribution in [3.63, 3.8) is 0 Å². The molecule has 6 heteroatoms. The van der Waals surface area contributed by atoms with Gasteiger partial charge in [-0.2, -0.15) is 0 Å². The van der Waals surface area contributed by atoms with Crippen molar-refractivity contribution < 1.29 is 14.3 Å². The molecule has 1 saturated carbocycles. The predicted octanol–water partition coefficient (Wildman–Crippen LogP) is 1.66. The Hall–Kier alpha value is -1.40. The van der Waals surface area contributed by atoms with E-state index in [1.165, 1.54) is 0 Å². The molecule has 1 heterocycles. The van der Waals surface area contributed by atoms with Crippen molar-refractivity contribution in [2.24, 2.45) is 11.8 Å². The van der Waals surface area contributed by atoms with E-state index in [4.69, 9.17) is 4.74 Å². The summed E-state index contributed by atoms with van der Waals surface area (Å²) in [7, 11) is 5.59. The smallest absolute Gasteiger partial charge is 0.224 e. The topological polar surface area (TPSA) is 61.9 Å². The quantitative estimate of drug-likeness (QED) is 0.524. The number of ketones is 1. The molecule has 1 N–H and O–H groups in total. The van der Waals surface area contributed by atoms with E-state index in [1.54, 1.807) is 7.11 Å². The third-order valence-corrected chi connectivity index (χ3v) is 5.41. The van der Waals surface area contributed by atoms with E-state index in [0.29, 0.717) is 25.6 Å². The maximum Gasteiger partial charge on any atom is 0.224 e. The Morgan fingerprint density at radius 3 is 2.81 bits per heavy atom. The van der Waals surface area contributed by atoms with Crippen molar-refractivity contribution in [3.05, 3.63) is 11.8 Å². The zero-order valence-electron chi connectivity index (χ0n) is 16.8. The lowest BCUT2D eigenvalue weighted by molar-refractivity contribution is -0.131. The zero-order chi connectivity index (χ0) is 19.1. The molecule has 1 aliphatic heterocycles. The van der Waals surface area contributed by atoms with Crippen molar-refractivity contribution in [1.82, 2.24) is 15.1 Å². The molecule has 0 radical (unpaired) electrons. The highest BCUT2D eigenvalue weighted by atomic mass is 16.5. The summed E-state index contributed by atoms with van der Waals surface area (Å²) >= 11 is 0. The molecule has 1 amide bonds. The number of hydrogen-bond acceptors (Lipinski definition) is 5. The van der Waals surface area contributed by atoms with Crippen LogP contribution in [0.25, 0.3) is 0 Å². The number of amides is 1. The van der Waals surface area contributed by atoms with Crippen LogP contribution in [0, 0.1) is 11.8 Å². The fourth-order valence-electron chi connectivity index (χ4n) is 4.28. The Kier molecular flexibility index (Phi) is 8.10. The maximum atomic E-state index is 12.6. The Morgan fingerprint density at radius 2 is 2.15 bits per heavy atom. The summed E-state index contributed by atoms with van der Waals surface area (Å²) in [6.45, 7) is 5.27. The summed E-state index contributed by atoms with van der Waals surface area (Å²) in [4.78, 5) is 29.5. The molecule has 2 fully saturated rings. The number of rotatable bonds is 8. The van der Waals surface area contributed by atoms with Crippen molar-refractivity contribution in [1.29, 1.82) is 0 Å². The molecule has 0 aromatic rings. The third kappa shape index (κ3) is 5.55. The number of likely N-dealkylation sites (tertiary alicyclic amines) is 1. The second-order valence-corrected chi connectivity index (χ2v) is 7.84. The van der Waals surface area contributed by atoms with Gasteiger partial charge in [-0.05, 0) is 38.1 Å². The Morgan fingerprint density at radius 1 is 1.38 bits per heavy atom. The van der Waals surface area contributed by atoms with E-state index >= 15 is 0 Å². The number of hydrogen-bond donors (Lipinski definition) is 1. The molecule has 0 bridgehead atoms. The van der Waals surface area contributed by atoms with E-state index in [9.17, 15) is 9.59 Å². The highest BCUT2D eigenvalue weighted by Crippen LogP contribution is 2.38. The van der Waals surface area contributed by atoms with Crippen LogP contribution in [0.1, 0.15) is 39.0 Å². The maximum absolute atomic E-state index is 12.6. The molecular formula is C20H35N3O3. The van der Waals surface area contributed by atoms with E-state index in [2.05, 4.69) is 17.1 Å². The second-order valence-electron chi connectivity index (χ2n) is 7.84. The lowest BCUT2D eigenvalue weighted by Gasteiger charge is -2.46. The first-order valence-electron chi connectivity index (χ1n) is 9.87. The van der Waals surface area contributed by atoms with Crippen LogP contribution in [0.3, 0.4) is 0 Å². The van der Waals surface area contributed by atoms with Gasteiger partial charge in [0.1, 0.15) is 0 Å². The highest BCUT2D eigenvalue weighted by Gasteiger charge is 2.42. The van der Waals surface area contributed by atoms with Crippen molar-refractivity contribution in [2.45, 2.75) is 45.1 Å². The summed E-state index contributed by atoms with van der Waals surface area (Å²) in [5.74, 6) is 0.648. The lowest BCUT2D eigenvalue weighted by Crippen LogP contribution is -2.54. The van der Waals surface area contributed by atoms with Gasteiger partial charge >= 0.3 is 0 Å². The van der Waals surface area contributed by atoms with Crippen LogP contribution in [0.5, 0.6) is 0 Å². The molecule has 1 aliphatic carbocycles. The summed E-state index contributed by atoms with van der Waals surface area (Å²) in [6, 6.07) is 0.386. The number of piperidine rings is 1. The van der Waals surface area contributed by atoms with Gasteiger partial charge in [-0.25, -0.2) is 0 Å². The van der Waals surface area contributed by atoms with Crippen LogP contribution in [0.15, 0.2) is 11.8 Å². The Bertz CT molecular complexity index is 518.